The van der Waals surface area contributed by atoms with Crippen LogP contribution < -0.4 is 15.8 Å². The van der Waals surface area contributed by atoms with Gasteiger partial charge in [0.15, 0.2) is 0 Å². The van der Waals surface area contributed by atoms with Crippen LogP contribution >= 0.6 is 12.2 Å². The van der Waals surface area contributed by atoms with Crippen LogP contribution in [0.15, 0.2) is 18.2 Å². The van der Waals surface area contributed by atoms with E-state index in [0.29, 0.717) is 11.7 Å². The van der Waals surface area contributed by atoms with Gasteiger partial charge in [-0.15, -0.1) is 0 Å². The number of nitrogens with two attached hydrogens (primary N) is 1. The van der Waals surface area contributed by atoms with E-state index >= 15 is 0 Å². The summed E-state index contributed by atoms with van der Waals surface area (Å²) in [5.41, 5.74) is 5.80. The first-order chi connectivity index (χ1) is 9.02. The van der Waals surface area contributed by atoms with Crippen molar-refractivity contribution < 1.29 is 14.6 Å². The number of benzene rings is 1. The van der Waals surface area contributed by atoms with Crippen molar-refractivity contribution in [2.45, 2.75) is 18.9 Å². The van der Waals surface area contributed by atoms with Gasteiger partial charge in [0.25, 0.3) is 5.91 Å². The second kappa shape index (κ2) is 5.44. The number of hydrogen-bond donors (Lipinski definition) is 3. The molecule has 0 bridgehead atoms. The molecule has 0 spiro atoms. The average molecular weight is 280 g/mol. The summed E-state index contributed by atoms with van der Waals surface area (Å²) in [7, 11) is 1.49. The fourth-order valence-corrected chi connectivity index (χ4v) is 2.15. The number of carbonyl (C=O) groups is 1. The Hall–Kier alpha value is -1.82. The zero-order chi connectivity index (χ0) is 14.0. The van der Waals surface area contributed by atoms with Crippen LogP contribution in [0, 0.1) is 5.92 Å². The van der Waals surface area contributed by atoms with E-state index in [1.165, 1.54) is 19.2 Å². The largest absolute Gasteiger partial charge is 0.507 e. The summed E-state index contributed by atoms with van der Waals surface area (Å²) in [6, 6.07) is 4.21. The van der Waals surface area contributed by atoms with Crippen LogP contribution in [-0.2, 0) is 0 Å². The Morgan fingerprint density at radius 2 is 2.26 bits per heavy atom. The van der Waals surface area contributed by atoms with Gasteiger partial charge in [-0.05, 0) is 30.9 Å². The first-order valence-electron chi connectivity index (χ1n) is 6.00. The van der Waals surface area contributed by atoms with Gasteiger partial charge < -0.3 is 20.9 Å². The van der Waals surface area contributed by atoms with Crippen LogP contribution in [0.2, 0.25) is 0 Å². The lowest BCUT2D eigenvalue weighted by molar-refractivity contribution is 0.0941. The molecule has 1 fully saturated rings. The standard InChI is InChI=1S/C13H16N2O3S/c1-18-8-4-5-9(10(16)6-8)13(17)15-11(12(14)19)7-2-3-7/h4-7,11,16H,2-3H2,1H3,(H2,14,19)(H,15,17). The normalized spacial score (nSPS) is 15.6. The predicted octanol–water partition coefficient (Wildman–Crippen LogP) is 1.20. The predicted molar refractivity (Wildman–Crippen MR) is 75.4 cm³/mol. The van der Waals surface area contributed by atoms with Crippen molar-refractivity contribution in [3.8, 4) is 11.5 Å². The molecule has 1 aromatic carbocycles. The minimum Gasteiger partial charge on any atom is -0.507 e. The van der Waals surface area contributed by atoms with Gasteiger partial charge in [-0.2, -0.15) is 0 Å². The van der Waals surface area contributed by atoms with Gasteiger partial charge in [0, 0.05) is 6.07 Å². The molecule has 6 heteroatoms. The summed E-state index contributed by atoms with van der Waals surface area (Å²) in [5.74, 6) is 0.295. The van der Waals surface area contributed by atoms with Crippen molar-refractivity contribution in [1.29, 1.82) is 0 Å². The molecule has 4 N–H and O–H groups in total. The van der Waals surface area contributed by atoms with Crippen molar-refractivity contribution in [3.05, 3.63) is 23.8 Å². The maximum atomic E-state index is 12.1. The monoisotopic (exact) mass is 280 g/mol. The van der Waals surface area contributed by atoms with Crippen molar-refractivity contribution in [1.82, 2.24) is 5.32 Å². The Morgan fingerprint density at radius 1 is 1.58 bits per heavy atom. The first-order valence-corrected chi connectivity index (χ1v) is 6.41. The maximum absolute atomic E-state index is 12.1. The molecule has 1 unspecified atom stereocenters. The number of amides is 1. The molecule has 0 heterocycles. The van der Waals surface area contributed by atoms with Crippen molar-refractivity contribution >= 4 is 23.1 Å². The highest BCUT2D eigenvalue weighted by Crippen LogP contribution is 2.33. The van der Waals surface area contributed by atoms with Gasteiger partial charge in [0.05, 0.1) is 23.7 Å². The zero-order valence-electron chi connectivity index (χ0n) is 10.6. The molecule has 1 amide bonds. The van der Waals surface area contributed by atoms with E-state index in [4.69, 9.17) is 22.7 Å². The smallest absolute Gasteiger partial charge is 0.255 e. The van der Waals surface area contributed by atoms with E-state index in [1.807, 2.05) is 0 Å². The van der Waals surface area contributed by atoms with Gasteiger partial charge in [0.2, 0.25) is 0 Å². The van der Waals surface area contributed by atoms with Gasteiger partial charge >= 0.3 is 0 Å². The third-order valence-electron chi connectivity index (χ3n) is 3.14. The quantitative estimate of drug-likeness (QED) is 0.706. The third kappa shape index (κ3) is 3.14. The highest BCUT2D eigenvalue weighted by Gasteiger charge is 2.34. The molecule has 102 valence electrons. The highest BCUT2D eigenvalue weighted by atomic mass is 32.1. The van der Waals surface area contributed by atoms with E-state index in [2.05, 4.69) is 5.32 Å². The van der Waals surface area contributed by atoms with E-state index in [9.17, 15) is 9.90 Å². The number of phenols is 1. The van der Waals surface area contributed by atoms with Crippen LogP contribution in [0.25, 0.3) is 0 Å². The molecular formula is C13H16N2O3S. The van der Waals surface area contributed by atoms with Crippen molar-refractivity contribution in [3.63, 3.8) is 0 Å². The second-order valence-corrected chi connectivity index (χ2v) is 5.05. The lowest BCUT2D eigenvalue weighted by Gasteiger charge is -2.17. The molecule has 1 aromatic rings. The number of nitrogens with one attached hydrogen (secondary N) is 1. The molecule has 5 nitrogen and oxygen atoms in total. The van der Waals surface area contributed by atoms with Gasteiger partial charge in [-0.3, -0.25) is 4.79 Å². The van der Waals surface area contributed by atoms with Crippen LogP contribution in [0.1, 0.15) is 23.2 Å². The lowest BCUT2D eigenvalue weighted by Crippen LogP contribution is -2.45. The summed E-state index contributed by atoms with van der Waals surface area (Å²) >= 11 is 4.95. The number of methoxy groups -OCH3 is 1. The number of rotatable bonds is 5. The van der Waals surface area contributed by atoms with Gasteiger partial charge in [0.1, 0.15) is 11.5 Å². The topological polar surface area (TPSA) is 84.6 Å². The number of hydrogen-bond acceptors (Lipinski definition) is 4. The minimum atomic E-state index is -0.384. The molecule has 2 rings (SSSR count). The first kappa shape index (κ1) is 13.6. The minimum absolute atomic E-state index is 0.130. The van der Waals surface area contributed by atoms with Crippen LogP contribution in [0.5, 0.6) is 11.5 Å². The lowest BCUT2D eigenvalue weighted by atomic mass is 10.1. The molecule has 1 aliphatic carbocycles. The molecule has 1 aliphatic rings. The van der Waals surface area contributed by atoms with Gasteiger partial charge in [-0.25, -0.2) is 0 Å². The fourth-order valence-electron chi connectivity index (χ4n) is 1.90. The number of phenolic OH excluding ortho intramolecular Hbond substituents is 1. The Balaban J connectivity index is 2.12. The fraction of sp³-hybridized carbons (Fsp3) is 0.385. The summed E-state index contributed by atoms with van der Waals surface area (Å²) < 4.78 is 4.96. The van der Waals surface area contributed by atoms with Crippen molar-refractivity contribution in [2.24, 2.45) is 11.7 Å². The van der Waals surface area contributed by atoms with E-state index in [0.717, 1.165) is 12.8 Å². The Kier molecular flexibility index (Phi) is 3.90. The average Bonchev–Trinajstić information content (AvgIpc) is 3.19. The van der Waals surface area contributed by atoms with Crippen LogP contribution in [0.4, 0.5) is 0 Å². The number of aromatic hydroxyl groups is 1. The second-order valence-electron chi connectivity index (χ2n) is 4.57. The Bertz CT molecular complexity index is 515. The highest BCUT2D eigenvalue weighted by molar-refractivity contribution is 7.80. The summed E-state index contributed by atoms with van der Waals surface area (Å²) in [6.07, 6.45) is 2.02. The molecular weight excluding hydrogens is 264 g/mol. The SMILES string of the molecule is COc1ccc(C(=O)NC(C(N)=S)C2CC2)c(O)c1. The molecule has 19 heavy (non-hydrogen) atoms. The summed E-state index contributed by atoms with van der Waals surface area (Å²) in [4.78, 5) is 12.4. The number of carbonyl (C=O) groups excluding carboxylic acids is 1. The zero-order valence-corrected chi connectivity index (χ0v) is 11.4. The van der Waals surface area contributed by atoms with Crippen LogP contribution in [-0.4, -0.2) is 29.2 Å². The van der Waals surface area contributed by atoms with E-state index in [1.54, 1.807) is 6.07 Å². The molecule has 0 saturated heterocycles. The van der Waals surface area contributed by atoms with E-state index < -0.39 is 0 Å². The number of ether oxygens (including phenoxy) is 1. The summed E-state index contributed by atoms with van der Waals surface area (Å²) in [5, 5.41) is 12.6. The number of thiocarbonyl (C=S) groups is 1. The van der Waals surface area contributed by atoms with Crippen LogP contribution in [0.3, 0.4) is 0 Å². The summed E-state index contributed by atoms with van der Waals surface area (Å²) in [6.45, 7) is 0. The molecule has 1 saturated carbocycles. The Labute approximate surface area is 116 Å². The molecule has 0 aromatic heterocycles. The van der Waals surface area contributed by atoms with E-state index in [-0.39, 0.29) is 28.3 Å². The Morgan fingerprint density at radius 3 is 2.74 bits per heavy atom. The molecule has 0 radical (unpaired) electrons. The molecule has 1 atom stereocenters. The van der Waals surface area contributed by atoms with Crippen molar-refractivity contribution in [2.75, 3.05) is 7.11 Å². The van der Waals surface area contributed by atoms with Gasteiger partial charge in [-0.1, -0.05) is 12.2 Å². The molecule has 0 aliphatic heterocycles. The third-order valence-corrected chi connectivity index (χ3v) is 3.39. The maximum Gasteiger partial charge on any atom is 0.255 e.